The highest BCUT2D eigenvalue weighted by Gasteiger charge is 2.09. The molecule has 2 rings (SSSR count). The van der Waals surface area contributed by atoms with Gasteiger partial charge in [0.15, 0.2) is 0 Å². The first kappa shape index (κ1) is 13.8. The molecule has 0 bridgehead atoms. The van der Waals surface area contributed by atoms with Gasteiger partial charge in [-0.15, -0.1) is 0 Å². The van der Waals surface area contributed by atoms with Crippen molar-refractivity contribution >= 4 is 0 Å². The number of nitrogens with one attached hydrogen (secondary N) is 1. The second-order valence-corrected chi connectivity index (χ2v) is 4.92. The minimum atomic E-state index is 0.401. The lowest BCUT2D eigenvalue weighted by atomic mass is 10.0. The summed E-state index contributed by atoms with van der Waals surface area (Å²) in [6, 6.07) is 9.20. The molecular weight excluding hydrogens is 234 g/mol. The third-order valence-corrected chi connectivity index (χ3v) is 3.47. The molecule has 1 heterocycles. The Hall–Kier alpha value is -1.61. The number of hydrogen-bond donors (Lipinski definition) is 1. The third kappa shape index (κ3) is 3.04. The second-order valence-electron chi connectivity index (χ2n) is 4.92. The lowest BCUT2D eigenvalue weighted by molar-refractivity contribution is 0.598. The molecule has 0 spiro atoms. The highest BCUT2D eigenvalue weighted by molar-refractivity contribution is 5.65. The number of aromatic nitrogens is 2. The maximum atomic E-state index is 4.50. The Morgan fingerprint density at radius 2 is 1.89 bits per heavy atom. The van der Waals surface area contributed by atoms with Gasteiger partial charge >= 0.3 is 0 Å². The summed E-state index contributed by atoms with van der Waals surface area (Å²) in [5.74, 6) is 0. The molecule has 0 fully saturated rings. The van der Waals surface area contributed by atoms with Gasteiger partial charge in [-0.3, -0.25) is 4.68 Å². The normalized spacial score (nSPS) is 12.6. The zero-order chi connectivity index (χ0) is 13.8. The molecule has 0 aliphatic rings. The zero-order valence-electron chi connectivity index (χ0n) is 12.3. The Morgan fingerprint density at radius 1 is 1.21 bits per heavy atom. The standard InChI is InChI=1S/C16H23N3/c1-5-16-15(11-19(4)18-16)14-9-7-13(8-10-14)12(3)17-6-2/h7-12,17H,5-6H2,1-4H3. The summed E-state index contributed by atoms with van der Waals surface area (Å²) in [7, 11) is 1.98. The van der Waals surface area contributed by atoms with Crippen molar-refractivity contribution in [1.29, 1.82) is 0 Å². The summed E-state index contributed by atoms with van der Waals surface area (Å²) in [4.78, 5) is 0. The maximum Gasteiger partial charge on any atom is 0.0700 e. The number of benzene rings is 1. The van der Waals surface area contributed by atoms with Crippen molar-refractivity contribution in [3.05, 3.63) is 41.7 Å². The number of aryl methyl sites for hydroxylation is 2. The van der Waals surface area contributed by atoms with Crippen LogP contribution in [0, 0.1) is 0 Å². The van der Waals surface area contributed by atoms with Crippen LogP contribution in [0.25, 0.3) is 11.1 Å². The average molecular weight is 257 g/mol. The number of rotatable bonds is 5. The first-order valence-corrected chi connectivity index (χ1v) is 7.02. The molecule has 0 saturated heterocycles. The number of hydrogen-bond acceptors (Lipinski definition) is 2. The van der Waals surface area contributed by atoms with E-state index < -0.39 is 0 Å². The molecule has 0 amide bonds. The van der Waals surface area contributed by atoms with Crippen molar-refractivity contribution in [3.63, 3.8) is 0 Å². The minimum absolute atomic E-state index is 0.401. The highest BCUT2D eigenvalue weighted by atomic mass is 15.2. The largest absolute Gasteiger partial charge is 0.310 e. The molecule has 3 nitrogen and oxygen atoms in total. The van der Waals surface area contributed by atoms with E-state index in [1.807, 2.05) is 11.7 Å². The van der Waals surface area contributed by atoms with E-state index in [-0.39, 0.29) is 0 Å². The van der Waals surface area contributed by atoms with Gasteiger partial charge in [-0.1, -0.05) is 38.1 Å². The van der Waals surface area contributed by atoms with Gasteiger partial charge in [0.1, 0.15) is 0 Å². The van der Waals surface area contributed by atoms with Gasteiger partial charge in [-0.25, -0.2) is 0 Å². The van der Waals surface area contributed by atoms with E-state index >= 15 is 0 Å². The third-order valence-electron chi connectivity index (χ3n) is 3.47. The van der Waals surface area contributed by atoms with E-state index in [0.29, 0.717) is 6.04 Å². The minimum Gasteiger partial charge on any atom is -0.310 e. The Bertz CT molecular complexity index is 525. The molecule has 2 aromatic rings. The molecule has 0 saturated carbocycles. The average Bonchev–Trinajstić information content (AvgIpc) is 2.80. The van der Waals surface area contributed by atoms with Crippen molar-refractivity contribution < 1.29 is 0 Å². The fourth-order valence-corrected chi connectivity index (χ4v) is 2.41. The van der Waals surface area contributed by atoms with E-state index in [0.717, 1.165) is 18.7 Å². The van der Waals surface area contributed by atoms with Crippen molar-refractivity contribution in [2.24, 2.45) is 7.05 Å². The monoisotopic (exact) mass is 257 g/mol. The predicted molar refractivity (Wildman–Crippen MR) is 80.1 cm³/mol. The fraction of sp³-hybridized carbons (Fsp3) is 0.438. The summed E-state index contributed by atoms with van der Waals surface area (Å²) >= 11 is 0. The van der Waals surface area contributed by atoms with Gasteiger partial charge in [0, 0.05) is 24.8 Å². The summed E-state index contributed by atoms with van der Waals surface area (Å²) < 4.78 is 1.89. The van der Waals surface area contributed by atoms with Gasteiger partial charge in [0.2, 0.25) is 0 Å². The molecule has 102 valence electrons. The lowest BCUT2D eigenvalue weighted by Gasteiger charge is -2.13. The Morgan fingerprint density at radius 3 is 2.47 bits per heavy atom. The fourth-order valence-electron chi connectivity index (χ4n) is 2.41. The quantitative estimate of drug-likeness (QED) is 0.890. The van der Waals surface area contributed by atoms with Crippen LogP contribution in [-0.4, -0.2) is 16.3 Å². The molecule has 19 heavy (non-hydrogen) atoms. The van der Waals surface area contributed by atoms with Crippen LogP contribution in [0.4, 0.5) is 0 Å². The van der Waals surface area contributed by atoms with E-state index in [9.17, 15) is 0 Å². The first-order chi connectivity index (χ1) is 9.15. The van der Waals surface area contributed by atoms with Gasteiger partial charge in [0.25, 0.3) is 0 Å². The van der Waals surface area contributed by atoms with E-state index in [4.69, 9.17) is 0 Å². The summed E-state index contributed by atoms with van der Waals surface area (Å²) in [5.41, 5.74) is 4.98. The first-order valence-electron chi connectivity index (χ1n) is 7.02. The lowest BCUT2D eigenvalue weighted by Crippen LogP contribution is -2.17. The molecule has 1 atom stereocenters. The SMILES string of the molecule is CCNC(C)c1ccc(-c2cn(C)nc2CC)cc1. The summed E-state index contributed by atoms with van der Waals surface area (Å²) in [6.07, 6.45) is 3.06. The van der Waals surface area contributed by atoms with Crippen molar-refractivity contribution in [1.82, 2.24) is 15.1 Å². The van der Waals surface area contributed by atoms with Crippen LogP contribution in [0.15, 0.2) is 30.5 Å². The van der Waals surface area contributed by atoms with E-state index in [1.54, 1.807) is 0 Å². The van der Waals surface area contributed by atoms with Crippen LogP contribution < -0.4 is 5.32 Å². The Balaban J connectivity index is 2.27. The molecule has 1 unspecified atom stereocenters. The number of nitrogens with zero attached hydrogens (tertiary/aromatic N) is 2. The molecular formula is C16H23N3. The van der Waals surface area contributed by atoms with Crippen LogP contribution in [0.5, 0.6) is 0 Å². The Kier molecular flexibility index (Phi) is 4.38. The molecule has 1 N–H and O–H groups in total. The van der Waals surface area contributed by atoms with Gasteiger partial charge in [0.05, 0.1) is 5.69 Å². The van der Waals surface area contributed by atoms with Gasteiger partial charge in [-0.2, -0.15) is 5.10 Å². The van der Waals surface area contributed by atoms with Crippen LogP contribution in [0.2, 0.25) is 0 Å². The molecule has 1 aromatic carbocycles. The highest BCUT2D eigenvalue weighted by Crippen LogP contribution is 2.25. The van der Waals surface area contributed by atoms with Crippen molar-refractivity contribution in [2.45, 2.75) is 33.2 Å². The van der Waals surface area contributed by atoms with E-state index in [2.05, 4.69) is 61.6 Å². The topological polar surface area (TPSA) is 29.9 Å². The van der Waals surface area contributed by atoms with E-state index in [1.165, 1.54) is 16.7 Å². The molecule has 0 aliphatic heterocycles. The maximum absolute atomic E-state index is 4.50. The van der Waals surface area contributed by atoms with Crippen LogP contribution in [0.1, 0.15) is 38.1 Å². The summed E-state index contributed by atoms with van der Waals surface area (Å²) in [5, 5.41) is 7.93. The van der Waals surface area contributed by atoms with Gasteiger partial charge in [-0.05, 0) is 31.0 Å². The molecule has 0 aliphatic carbocycles. The zero-order valence-corrected chi connectivity index (χ0v) is 12.3. The summed E-state index contributed by atoms with van der Waals surface area (Å²) in [6.45, 7) is 7.47. The smallest absolute Gasteiger partial charge is 0.0700 e. The van der Waals surface area contributed by atoms with Crippen LogP contribution >= 0.6 is 0 Å². The Labute approximate surface area is 115 Å². The van der Waals surface area contributed by atoms with Crippen LogP contribution in [0.3, 0.4) is 0 Å². The van der Waals surface area contributed by atoms with Crippen LogP contribution in [-0.2, 0) is 13.5 Å². The van der Waals surface area contributed by atoms with Crippen molar-refractivity contribution in [2.75, 3.05) is 6.54 Å². The molecule has 3 heteroatoms. The predicted octanol–water partition coefficient (Wildman–Crippen LogP) is 3.32. The van der Waals surface area contributed by atoms with Crippen molar-refractivity contribution in [3.8, 4) is 11.1 Å². The molecule has 0 radical (unpaired) electrons. The van der Waals surface area contributed by atoms with Gasteiger partial charge < -0.3 is 5.32 Å². The second kappa shape index (κ2) is 6.02. The molecule has 1 aromatic heterocycles.